The Morgan fingerprint density at radius 2 is 1.64 bits per heavy atom. The molecule has 0 bridgehead atoms. The number of amides is 2. The molecular formula is C23H26N2O3. The minimum atomic E-state index is -0.104. The number of carbonyl (C=O) groups is 2. The molecule has 0 radical (unpaired) electrons. The molecule has 0 aromatic heterocycles. The molecule has 5 nitrogen and oxygen atoms in total. The van der Waals surface area contributed by atoms with Crippen LogP contribution in [0.2, 0.25) is 0 Å². The van der Waals surface area contributed by atoms with E-state index in [0.29, 0.717) is 25.3 Å². The Morgan fingerprint density at radius 1 is 1.04 bits per heavy atom. The van der Waals surface area contributed by atoms with Gasteiger partial charge in [-0.2, -0.15) is 0 Å². The van der Waals surface area contributed by atoms with Gasteiger partial charge in [0.05, 0.1) is 12.9 Å². The zero-order valence-electron chi connectivity index (χ0n) is 16.2. The van der Waals surface area contributed by atoms with Gasteiger partial charge < -0.3 is 14.5 Å². The van der Waals surface area contributed by atoms with E-state index in [1.807, 2.05) is 77.4 Å². The lowest BCUT2D eigenvalue weighted by atomic mass is 10.0. The van der Waals surface area contributed by atoms with Crippen LogP contribution in [0.15, 0.2) is 73.0 Å². The summed E-state index contributed by atoms with van der Waals surface area (Å²) in [5.74, 6) is -0.0552. The van der Waals surface area contributed by atoms with Crippen molar-refractivity contribution in [2.45, 2.75) is 25.8 Å². The van der Waals surface area contributed by atoms with Crippen LogP contribution in [-0.2, 0) is 9.53 Å². The van der Waals surface area contributed by atoms with Crippen molar-refractivity contribution in [1.29, 1.82) is 0 Å². The van der Waals surface area contributed by atoms with E-state index >= 15 is 0 Å². The third-order valence-electron chi connectivity index (χ3n) is 4.88. The average Bonchev–Trinajstić information content (AvgIpc) is 2.75. The van der Waals surface area contributed by atoms with Crippen molar-refractivity contribution in [3.8, 4) is 0 Å². The Hall–Kier alpha value is -3.08. The maximum absolute atomic E-state index is 12.8. The third-order valence-corrected chi connectivity index (χ3v) is 4.88. The van der Waals surface area contributed by atoms with E-state index < -0.39 is 0 Å². The van der Waals surface area contributed by atoms with Crippen LogP contribution in [0.5, 0.6) is 0 Å². The largest absolute Gasteiger partial charge is 0.501 e. The molecule has 1 aliphatic heterocycles. The number of rotatable bonds is 6. The molecule has 2 amide bonds. The quantitative estimate of drug-likeness (QED) is 0.566. The van der Waals surface area contributed by atoms with Crippen LogP contribution in [0.25, 0.3) is 0 Å². The van der Waals surface area contributed by atoms with Gasteiger partial charge in [-0.25, -0.2) is 0 Å². The Bertz CT molecular complexity index is 797. The van der Waals surface area contributed by atoms with Gasteiger partial charge in [0, 0.05) is 36.5 Å². The molecule has 0 unspecified atom stereocenters. The first-order chi connectivity index (χ1) is 13.7. The molecule has 0 N–H and O–H groups in total. The van der Waals surface area contributed by atoms with E-state index in [-0.39, 0.29) is 17.9 Å². The van der Waals surface area contributed by atoms with Gasteiger partial charge >= 0.3 is 0 Å². The van der Waals surface area contributed by atoms with Crippen molar-refractivity contribution in [2.24, 2.45) is 0 Å². The minimum absolute atomic E-state index is 0.0426. The zero-order chi connectivity index (χ0) is 19.8. The molecule has 1 fully saturated rings. The van der Waals surface area contributed by atoms with E-state index in [1.165, 1.54) is 12.3 Å². The lowest BCUT2D eigenvalue weighted by Gasteiger charge is -2.38. The molecular weight excluding hydrogens is 352 g/mol. The number of anilines is 1. The molecule has 0 spiro atoms. The van der Waals surface area contributed by atoms with Crippen LogP contribution < -0.4 is 4.90 Å². The van der Waals surface area contributed by atoms with Crippen LogP contribution in [0.3, 0.4) is 0 Å². The van der Waals surface area contributed by atoms with E-state index in [1.54, 1.807) is 0 Å². The average molecular weight is 378 g/mol. The van der Waals surface area contributed by atoms with E-state index in [4.69, 9.17) is 4.74 Å². The summed E-state index contributed by atoms with van der Waals surface area (Å²) >= 11 is 0. The standard InChI is InChI=1S/C23H26N2O3/c1-2-28-18-15-22(26)25(20-11-7-4-8-12-20)21-13-16-24(17-14-21)23(27)19-9-5-3-6-10-19/h3-12,15,18,21H,2,13-14,16-17H2,1H3/b18-15+. The second-order valence-corrected chi connectivity index (χ2v) is 6.69. The van der Waals surface area contributed by atoms with E-state index in [2.05, 4.69) is 0 Å². The third kappa shape index (κ3) is 4.80. The molecule has 2 aromatic carbocycles. The van der Waals surface area contributed by atoms with E-state index in [9.17, 15) is 9.59 Å². The fourth-order valence-electron chi connectivity index (χ4n) is 3.48. The highest BCUT2D eigenvalue weighted by atomic mass is 16.5. The highest BCUT2D eigenvalue weighted by Gasteiger charge is 2.30. The van der Waals surface area contributed by atoms with Gasteiger partial charge in [0.15, 0.2) is 0 Å². The molecule has 1 heterocycles. The molecule has 5 heteroatoms. The molecule has 28 heavy (non-hydrogen) atoms. The number of piperidine rings is 1. The van der Waals surface area contributed by atoms with Crippen LogP contribution in [0.4, 0.5) is 5.69 Å². The summed E-state index contributed by atoms with van der Waals surface area (Å²) in [6.45, 7) is 3.66. The molecule has 146 valence electrons. The van der Waals surface area contributed by atoms with Gasteiger partial charge in [-0.1, -0.05) is 36.4 Å². The maximum atomic E-state index is 12.8. The summed E-state index contributed by atoms with van der Waals surface area (Å²) in [7, 11) is 0. The van der Waals surface area contributed by atoms with Crippen molar-refractivity contribution in [2.75, 3.05) is 24.6 Å². The molecule has 1 saturated heterocycles. The molecule has 0 saturated carbocycles. The molecule has 0 atom stereocenters. The molecule has 0 aliphatic carbocycles. The molecule has 1 aliphatic rings. The number of carbonyl (C=O) groups excluding carboxylic acids is 2. The van der Waals surface area contributed by atoms with Crippen molar-refractivity contribution < 1.29 is 14.3 Å². The summed E-state index contributed by atoms with van der Waals surface area (Å²) in [4.78, 5) is 29.2. The first kappa shape index (κ1) is 19.7. The first-order valence-corrected chi connectivity index (χ1v) is 9.71. The number of hydrogen-bond donors (Lipinski definition) is 0. The van der Waals surface area contributed by atoms with Crippen molar-refractivity contribution in [3.05, 3.63) is 78.6 Å². The van der Waals surface area contributed by atoms with Gasteiger partial charge in [0.25, 0.3) is 11.8 Å². The Labute approximate surface area is 166 Å². The Kier molecular flexibility index (Phi) is 6.84. The SMILES string of the molecule is CCO/C=C/C(=O)N(c1ccccc1)C1CCN(C(=O)c2ccccc2)CC1. The summed E-state index contributed by atoms with van der Waals surface area (Å²) < 4.78 is 5.19. The number of ether oxygens (including phenoxy) is 1. The summed E-state index contributed by atoms with van der Waals surface area (Å²) in [5.41, 5.74) is 1.57. The van der Waals surface area contributed by atoms with Gasteiger partial charge in [0.2, 0.25) is 0 Å². The zero-order valence-corrected chi connectivity index (χ0v) is 16.2. The van der Waals surface area contributed by atoms with Crippen molar-refractivity contribution in [3.63, 3.8) is 0 Å². The predicted octanol–water partition coefficient (Wildman–Crippen LogP) is 3.87. The van der Waals surface area contributed by atoms with Gasteiger partial charge in [-0.15, -0.1) is 0 Å². The normalized spacial score (nSPS) is 14.8. The summed E-state index contributed by atoms with van der Waals surface area (Å²) in [6, 6.07) is 19.0. The van der Waals surface area contributed by atoms with Gasteiger partial charge in [-0.3, -0.25) is 9.59 Å². The highest BCUT2D eigenvalue weighted by Crippen LogP contribution is 2.25. The van der Waals surface area contributed by atoms with E-state index in [0.717, 1.165) is 18.5 Å². The number of nitrogens with zero attached hydrogens (tertiary/aromatic N) is 2. The first-order valence-electron chi connectivity index (χ1n) is 9.71. The summed E-state index contributed by atoms with van der Waals surface area (Å²) in [5, 5.41) is 0. The smallest absolute Gasteiger partial charge is 0.254 e. The van der Waals surface area contributed by atoms with Crippen LogP contribution in [-0.4, -0.2) is 42.5 Å². The Balaban J connectivity index is 1.70. The number of hydrogen-bond acceptors (Lipinski definition) is 3. The molecule has 2 aromatic rings. The second-order valence-electron chi connectivity index (χ2n) is 6.69. The number of likely N-dealkylation sites (tertiary alicyclic amines) is 1. The second kappa shape index (κ2) is 9.74. The summed E-state index contributed by atoms with van der Waals surface area (Å²) in [6.07, 6.45) is 4.40. The van der Waals surface area contributed by atoms with Crippen LogP contribution >= 0.6 is 0 Å². The maximum Gasteiger partial charge on any atom is 0.254 e. The lowest BCUT2D eigenvalue weighted by molar-refractivity contribution is -0.114. The van der Waals surface area contributed by atoms with Gasteiger partial charge in [0.1, 0.15) is 0 Å². The Morgan fingerprint density at radius 3 is 2.25 bits per heavy atom. The highest BCUT2D eigenvalue weighted by molar-refractivity contribution is 6.01. The predicted molar refractivity (Wildman–Crippen MR) is 110 cm³/mol. The minimum Gasteiger partial charge on any atom is -0.501 e. The number of para-hydroxylation sites is 1. The number of benzene rings is 2. The van der Waals surface area contributed by atoms with Crippen LogP contribution in [0.1, 0.15) is 30.1 Å². The lowest BCUT2D eigenvalue weighted by Crippen LogP contribution is -2.48. The van der Waals surface area contributed by atoms with Crippen molar-refractivity contribution in [1.82, 2.24) is 4.90 Å². The monoisotopic (exact) mass is 378 g/mol. The van der Waals surface area contributed by atoms with Gasteiger partial charge in [-0.05, 0) is 44.0 Å². The fraction of sp³-hybridized carbons (Fsp3) is 0.304. The fourth-order valence-corrected chi connectivity index (χ4v) is 3.48. The van der Waals surface area contributed by atoms with Crippen molar-refractivity contribution >= 4 is 17.5 Å². The van der Waals surface area contributed by atoms with Crippen LogP contribution in [0, 0.1) is 0 Å². The topological polar surface area (TPSA) is 49.9 Å². The molecule has 3 rings (SSSR count).